The summed E-state index contributed by atoms with van der Waals surface area (Å²) in [6.07, 6.45) is 2.73. The fourth-order valence-electron chi connectivity index (χ4n) is 3.38. The molecule has 28 heavy (non-hydrogen) atoms. The third-order valence-electron chi connectivity index (χ3n) is 4.76. The Morgan fingerprint density at radius 1 is 1.11 bits per heavy atom. The average molecular weight is 374 g/mol. The zero-order valence-corrected chi connectivity index (χ0v) is 15.8. The van der Waals surface area contributed by atoms with Crippen LogP contribution in [0.5, 0.6) is 0 Å². The lowest BCUT2D eigenvalue weighted by Crippen LogP contribution is -2.31. The van der Waals surface area contributed by atoms with Gasteiger partial charge in [0.25, 0.3) is 0 Å². The summed E-state index contributed by atoms with van der Waals surface area (Å²) in [6, 6.07) is 17.6. The molecule has 4 rings (SSSR count). The van der Waals surface area contributed by atoms with Gasteiger partial charge in [0.05, 0.1) is 17.9 Å². The summed E-state index contributed by atoms with van der Waals surface area (Å²) >= 11 is 0. The maximum absolute atomic E-state index is 12.2. The van der Waals surface area contributed by atoms with Crippen molar-refractivity contribution in [3.63, 3.8) is 0 Å². The van der Waals surface area contributed by atoms with Crippen molar-refractivity contribution in [1.29, 1.82) is 0 Å². The van der Waals surface area contributed by atoms with Gasteiger partial charge in [-0.25, -0.2) is 9.78 Å². The van der Waals surface area contributed by atoms with Crippen molar-refractivity contribution in [3.05, 3.63) is 77.5 Å². The maximum atomic E-state index is 12.2. The van der Waals surface area contributed by atoms with Crippen LogP contribution in [0.25, 0.3) is 0 Å². The van der Waals surface area contributed by atoms with E-state index in [1.165, 1.54) is 11.1 Å². The van der Waals surface area contributed by atoms with Crippen molar-refractivity contribution in [2.24, 2.45) is 0 Å². The number of nitrogens with one attached hydrogen (secondary N) is 1. The first-order valence-corrected chi connectivity index (χ1v) is 9.42. The Balaban J connectivity index is 1.55. The van der Waals surface area contributed by atoms with Crippen LogP contribution in [0.15, 0.2) is 60.8 Å². The van der Waals surface area contributed by atoms with E-state index in [1.807, 2.05) is 18.2 Å². The molecular weight excluding hydrogens is 352 g/mol. The molecular formula is C22H22N4O2. The fraction of sp³-hybridized carbons (Fsp3) is 0.227. The maximum Gasteiger partial charge on any atom is 0.340 e. The Kier molecular flexibility index (Phi) is 5.19. The molecule has 0 unspecified atom stereocenters. The predicted molar refractivity (Wildman–Crippen MR) is 109 cm³/mol. The number of ether oxygens (including phenoxy) is 1. The van der Waals surface area contributed by atoms with Crippen LogP contribution in [0.3, 0.4) is 0 Å². The van der Waals surface area contributed by atoms with Crippen LogP contribution in [-0.2, 0) is 17.7 Å². The second-order valence-electron chi connectivity index (χ2n) is 6.57. The van der Waals surface area contributed by atoms with Crippen molar-refractivity contribution in [2.45, 2.75) is 19.9 Å². The first-order chi connectivity index (χ1) is 13.7. The highest BCUT2D eigenvalue weighted by molar-refractivity contribution is 5.96. The molecule has 0 bridgehead atoms. The average Bonchev–Trinajstić information content (AvgIpc) is 2.74. The highest BCUT2D eigenvalue weighted by Gasteiger charge is 2.18. The van der Waals surface area contributed by atoms with Crippen LogP contribution in [-0.4, -0.2) is 29.1 Å². The Bertz CT molecular complexity index is 990. The highest BCUT2D eigenvalue weighted by Crippen LogP contribution is 2.25. The SMILES string of the molecule is CCOC(=O)c1ccccc1Nc1nccc(N2CCc3ccccc3C2)n1. The van der Waals surface area contributed by atoms with Crippen LogP contribution in [0, 0.1) is 0 Å². The number of fused-ring (bicyclic) bond motifs is 1. The quantitative estimate of drug-likeness (QED) is 0.682. The molecule has 1 aromatic heterocycles. The first-order valence-electron chi connectivity index (χ1n) is 9.42. The number of hydrogen-bond acceptors (Lipinski definition) is 6. The lowest BCUT2D eigenvalue weighted by molar-refractivity contribution is 0.0527. The van der Waals surface area contributed by atoms with Gasteiger partial charge in [0.1, 0.15) is 5.82 Å². The lowest BCUT2D eigenvalue weighted by Gasteiger charge is -2.29. The number of nitrogens with zero attached hydrogens (tertiary/aromatic N) is 3. The van der Waals surface area contributed by atoms with Crippen molar-refractivity contribution < 1.29 is 9.53 Å². The van der Waals surface area contributed by atoms with E-state index in [2.05, 4.69) is 44.5 Å². The summed E-state index contributed by atoms with van der Waals surface area (Å²) < 4.78 is 5.13. The van der Waals surface area contributed by atoms with Crippen LogP contribution < -0.4 is 10.2 Å². The number of esters is 1. The molecule has 0 saturated carbocycles. The third-order valence-corrected chi connectivity index (χ3v) is 4.76. The van der Waals surface area contributed by atoms with Gasteiger partial charge in [-0.2, -0.15) is 4.98 Å². The second-order valence-corrected chi connectivity index (χ2v) is 6.57. The monoisotopic (exact) mass is 374 g/mol. The van der Waals surface area contributed by atoms with Crippen LogP contribution in [0.1, 0.15) is 28.4 Å². The molecule has 0 atom stereocenters. The van der Waals surface area contributed by atoms with Gasteiger partial charge in [0.15, 0.2) is 0 Å². The third kappa shape index (κ3) is 3.81. The number of carbonyl (C=O) groups excluding carboxylic acids is 1. The standard InChI is InChI=1S/C22H22N4O2/c1-2-28-21(27)18-9-5-6-10-19(18)24-22-23-13-11-20(25-22)26-14-12-16-7-3-4-8-17(16)15-26/h3-11,13H,2,12,14-15H2,1H3,(H,23,24,25). The zero-order chi connectivity index (χ0) is 19.3. The molecule has 0 fully saturated rings. The highest BCUT2D eigenvalue weighted by atomic mass is 16.5. The van der Waals surface area contributed by atoms with Gasteiger partial charge in [-0.05, 0) is 42.7 Å². The van der Waals surface area contributed by atoms with Gasteiger partial charge in [-0.3, -0.25) is 0 Å². The first kappa shape index (κ1) is 18.0. The fourth-order valence-corrected chi connectivity index (χ4v) is 3.38. The van der Waals surface area contributed by atoms with E-state index in [9.17, 15) is 4.79 Å². The Hall–Kier alpha value is -3.41. The number of rotatable bonds is 5. The molecule has 1 aliphatic rings. The molecule has 0 amide bonds. The number of carbonyl (C=O) groups is 1. The summed E-state index contributed by atoms with van der Waals surface area (Å²) in [6.45, 7) is 3.85. The molecule has 6 heteroatoms. The number of anilines is 3. The normalized spacial score (nSPS) is 13.0. The van der Waals surface area contributed by atoms with E-state index in [1.54, 1.807) is 25.3 Å². The number of para-hydroxylation sites is 1. The Morgan fingerprint density at radius 3 is 2.75 bits per heavy atom. The van der Waals surface area contributed by atoms with E-state index in [0.29, 0.717) is 23.8 Å². The van der Waals surface area contributed by atoms with Gasteiger partial charge >= 0.3 is 5.97 Å². The Labute approximate surface area is 164 Å². The van der Waals surface area contributed by atoms with E-state index in [-0.39, 0.29) is 5.97 Å². The van der Waals surface area contributed by atoms with Gasteiger partial charge < -0.3 is 15.0 Å². The molecule has 3 aromatic rings. The Morgan fingerprint density at radius 2 is 1.89 bits per heavy atom. The minimum Gasteiger partial charge on any atom is -0.462 e. The summed E-state index contributed by atoms with van der Waals surface area (Å²) in [7, 11) is 0. The van der Waals surface area contributed by atoms with E-state index >= 15 is 0 Å². The number of aromatic nitrogens is 2. The molecule has 0 radical (unpaired) electrons. The largest absolute Gasteiger partial charge is 0.462 e. The second kappa shape index (κ2) is 8.08. The molecule has 0 saturated heterocycles. The molecule has 6 nitrogen and oxygen atoms in total. The van der Waals surface area contributed by atoms with Crippen molar-refractivity contribution >= 4 is 23.4 Å². The van der Waals surface area contributed by atoms with Crippen LogP contribution in [0.2, 0.25) is 0 Å². The molecule has 1 N–H and O–H groups in total. The minimum atomic E-state index is -0.366. The molecule has 0 spiro atoms. The van der Waals surface area contributed by atoms with Crippen molar-refractivity contribution in [2.75, 3.05) is 23.4 Å². The summed E-state index contributed by atoms with van der Waals surface area (Å²) in [5.74, 6) is 0.947. The molecule has 2 heterocycles. The van der Waals surface area contributed by atoms with Crippen LogP contribution >= 0.6 is 0 Å². The van der Waals surface area contributed by atoms with Crippen molar-refractivity contribution in [3.8, 4) is 0 Å². The summed E-state index contributed by atoms with van der Waals surface area (Å²) in [5.41, 5.74) is 3.82. The summed E-state index contributed by atoms with van der Waals surface area (Å²) in [4.78, 5) is 23.4. The smallest absolute Gasteiger partial charge is 0.340 e. The molecule has 1 aliphatic heterocycles. The zero-order valence-electron chi connectivity index (χ0n) is 15.8. The number of hydrogen-bond donors (Lipinski definition) is 1. The van der Waals surface area contributed by atoms with Gasteiger partial charge in [-0.15, -0.1) is 0 Å². The van der Waals surface area contributed by atoms with Gasteiger partial charge in [-0.1, -0.05) is 36.4 Å². The van der Waals surface area contributed by atoms with E-state index in [0.717, 1.165) is 25.3 Å². The molecule has 142 valence electrons. The lowest BCUT2D eigenvalue weighted by atomic mass is 10.00. The van der Waals surface area contributed by atoms with Gasteiger partial charge in [0, 0.05) is 19.3 Å². The minimum absolute atomic E-state index is 0.329. The van der Waals surface area contributed by atoms with E-state index < -0.39 is 0 Å². The van der Waals surface area contributed by atoms with Gasteiger partial charge in [0.2, 0.25) is 5.95 Å². The number of benzene rings is 2. The van der Waals surface area contributed by atoms with Crippen molar-refractivity contribution in [1.82, 2.24) is 9.97 Å². The summed E-state index contributed by atoms with van der Waals surface area (Å²) in [5, 5.41) is 3.16. The molecule has 0 aliphatic carbocycles. The predicted octanol–water partition coefficient (Wildman–Crippen LogP) is 3.96. The molecule has 2 aromatic carbocycles. The van der Waals surface area contributed by atoms with Crippen LogP contribution in [0.4, 0.5) is 17.5 Å². The topological polar surface area (TPSA) is 67.3 Å². The van der Waals surface area contributed by atoms with E-state index in [4.69, 9.17) is 4.74 Å².